The molecular weight excluding hydrogens is 530 g/mol. The van der Waals surface area contributed by atoms with Gasteiger partial charge in [0.2, 0.25) is 19.3 Å². The summed E-state index contributed by atoms with van der Waals surface area (Å²) in [5.74, 6) is 3.46. The van der Waals surface area contributed by atoms with Crippen LogP contribution in [0.3, 0.4) is 0 Å². The Morgan fingerprint density at radius 2 is 1.85 bits per heavy atom. The normalized spacial score (nSPS) is 17.1. The minimum Gasteiger partial charge on any atom is -0.492 e. The molecule has 13 nitrogen and oxygen atoms in total. The molecule has 0 bridgehead atoms. The first-order chi connectivity index (χ1) is 20.1. The summed E-state index contributed by atoms with van der Waals surface area (Å²) in [7, 11) is 3.64. The maximum Gasteiger partial charge on any atom is 0.271 e. The van der Waals surface area contributed by atoms with E-state index in [1.807, 2.05) is 19.2 Å². The first-order valence-corrected chi connectivity index (χ1v) is 12.9. The van der Waals surface area contributed by atoms with Crippen molar-refractivity contribution in [1.29, 1.82) is 0 Å². The fraction of sp³-hybridized carbons (Fsp3) is 0.250. The highest BCUT2D eigenvalue weighted by atomic mass is 16.7. The predicted octanol–water partition coefficient (Wildman–Crippen LogP) is 2.47. The second-order valence-electron chi connectivity index (χ2n) is 9.66. The number of benzene rings is 3. The predicted molar refractivity (Wildman–Crippen MR) is 144 cm³/mol. The van der Waals surface area contributed by atoms with Gasteiger partial charge < -0.3 is 23.7 Å². The molecule has 0 radical (unpaired) electrons. The number of nitrogens with one attached hydrogen (secondary N) is 1. The van der Waals surface area contributed by atoms with Gasteiger partial charge in [0, 0.05) is 17.7 Å². The molecule has 4 aromatic rings. The number of hydrogen-bond donors (Lipinski definition) is 1. The van der Waals surface area contributed by atoms with Crippen molar-refractivity contribution in [3.63, 3.8) is 0 Å². The van der Waals surface area contributed by atoms with Crippen LogP contribution in [-0.2, 0) is 6.42 Å². The molecule has 0 fully saturated rings. The molecule has 3 aliphatic heterocycles. The van der Waals surface area contributed by atoms with E-state index in [1.165, 1.54) is 0 Å². The highest BCUT2D eigenvalue weighted by Gasteiger charge is 2.37. The number of hydrazone groups is 1. The number of aromatic nitrogens is 4. The molecule has 208 valence electrons. The van der Waals surface area contributed by atoms with E-state index in [1.54, 1.807) is 54.4 Å². The number of carbonyl (C=O) groups excluding carboxylic acids is 1. The smallest absolute Gasteiger partial charge is 0.271 e. The Hall–Kier alpha value is -5.17. The van der Waals surface area contributed by atoms with E-state index in [2.05, 4.69) is 31.0 Å². The number of nitrogens with zero attached hydrogens (tertiary/aromatic N) is 6. The van der Waals surface area contributed by atoms with Crippen LogP contribution in [0.4, 0.5) is 0 Å². The van der Waals surface area contributed by atoms with Gasteiger partial charge in [0.25, 0.3) is 5.91 Å². The third kappa shape index (κ3) is 4.36. The molecule has 7 rings (SSSR count). The maximum atomic E-state index is 12.7. The molecule has 1 atom stereocenters. The van der Waals surface area contributed by atoms with E-state index in [-0.39, 0.29) is 25.5 Å². The van der Waals surface area contributed by atoms with Gasteiger partial charge in [-0.2, -0.15) is 9.78 Å². The molecule has 0 saturated carbocycles. The molecule has 1 N–H and O–H groups in total. The maximum absolute atomic E-state index is 12.7. The number of methoxy groups -OCH3 is 1. The van der Waals surface area contributed by atoms with Gasteiger partial charge in [-0.3, -0.25) is 9.69 Å². The summed E-state index contributed by atoms with van der Waals surface area (Å²) < 4.78 is 29.5. The SMILES string of the molecule is COc1c2c(cc3c1[C@@H](c1nnnn1-c1ccc(C(=O)NN=Cc4ccc5c(c4)OCO5)cc1)N(C)CC3)OCO2. The Morgan fingerprint density at radius 1 is 1.05 bits per heavy atom. The molecule has 41 heavy (non-hydrogen) atoms. The second kappa shape index (κ2) is 10.1. The lowest BCUT2D eigenvalue weighted by atomic mass is 9.90. The van der Waals surface area contributed by atoms with Gasteiger partial charge in [0.15, 0.2) is 28.8 Å². The molecule has 13 heteroatoms. The van der Waals surface area contributed by atoms with Crippen molar-refractivity contribution in [3.8, 4) is 34.4 Å². The number of fused-ring (bicyclic) bond motifs is 3. The van der Waals surface area contributed by atoms with E-state index in [0.29, 0.717) is 45.8 Å². The minimum atomic E-state index is -0.354. The monoisotopic (exact) mass is 555 g/mol. The van der Waals surface area contributed by atoms with Crippen molar-refractivity contribution < 1.29 is 28.5 Å². The zero-order chi connectivity index (χ0) is 27.9. The summed E-state index contributed by atoms with van der Waals surface area (Å²) in [4.78, 5) is 14.9. The van der Waals surface area contributed by atoms with Crippen LogP contribution in [-0.4, -0.2) is 71.5 Å². The van der Waals surface area contributed by atoms with E-state index in [4.69, 9.17) is 23.7 Å². The first-order valence-electron chi connectivity index (χ1n) is 12.9. The number of ether oxygens (including phenoxy) is 5. The van der Waals surface area contributed by atoms with Crippen LogP contribution in [0.1, 0.15) is 38.9 Å². The van der Waals surface area contributed by atoms with Gasteiger partial charge in [-0.1, -0.05) is 0 Å². The Labute approximate surface area is 234 Å². The third-order valence-electron chi connectivity index (χ3n) is 7.28. The topological polar surface area (TPSA) is 134 Å². The number of rotatable bonds is 6. The van der Waals surface area contributed by atoms with Crippen molar-refractivity contribution in [2.45, 2.75) is 12.5 Å². The van der Waals surface area contributed by atoms with Crippen LogP contribution in [0.2, 0.25) is 0 Å². The van der Waals surface area contributed by atoms with Crippen molar-refractivity contribution in [2.75, 3.05) is 34.3 Å². The molecule has 0 saturated heterocycles. The fourth-order valence-corrected chi connectivity index (χ4v) is 5.28. The van der Waals surface area contributed by atoms with Crippen LogP contribution in [0.25, 0.3) is 5.69 Å². The average Bonchev–Trinajstić information content (AvgIpc) is 3.77. The summed E-state index contributed by atoms with van der Waals surface area (Å²) in [6.07, 6.45) is 2.36. The van der Waals surface area contributed by atoms with Crippen LogP contribution < -0.4 is 29.1 Å². The van der Waals surface area contributed by atoms with Gasteiger partial charge >= 0.3 is 0 Å². The molecule has 4 heterocycles. The highest BCUT2D eigenvalue weighted by molar-refractivity contribution is 5.95. The number of carbonyl (C=O) groups is 1. The Kier molecular flexibility index (Phi) is 6.12. The van der Waals surface area contributed by atoms with Crippen LogP contribution >= 0.6 is 0 Å². The van der Waals surface area contributed by atoms with Gasteiger partial charge in [-0.25, -0.2) is 5.43 Å². The quantitative estimate of drug-likeness (QED) is 0.279. The second-order valence-corrected chi connectivity index (χ2v) is 9.66. The average molecular weight is 556 g/mol. The van der Waals surface area contributed by atoms with Crippen LogP contribution in [0, 0.1) is 0 Å². The number of hydrogen-bond acceptors (Lipinski definition) is 11. The van der Waals surface area contributed by atoms with Gasteiger partial charge in [0.05, 0.1) is 19.0 Å². The number of likely N-dealkylation sites (N-methyl/N-ethyl adjacent to an activating group) is 1. The van der Waals surface area contributed by atoms with Gasteiger partial charge in [-0.15, -0.1) is 5.10 Å². The lowest BCUT2D eigenvalue weighted by Crippen LogP contribution is -2.35. The summed E-state index contributed by atoms with van der Waals surface area (Å²) in [6.45, 7) is 1.13. The van der Waals surface area contributed by atoms with E-state index in [9.17, 15) is 4.79 Å². The Balaban J connectivity index is 1.12. The largest absolute Gasteiger partial charge is 0.492 e. The first kappa shape index (κ1) is 24.8. The summed E-state index contributed by atoms with van der Waals surface area (Å²) >= 11 is 0. The molecule has 1 amide bonds. The van der Waals surface area contributed by atoms with Crippen LogP contribution in [0.5, 0.6) is 28.7 Å². The lowest BCUT2D eigenvalue weighted by molar-refractivity contribution is 0.0955. The summed E-state index contributed by atoms with van der Waals surface area (Å²) in [6, 6.07) is 14.1. The van der Waals surface area contributed by atoms with Gasteiger partial charge in [-0.05, 0) is 83.6 Å². The van der Waals surface area contributed by atoms with E-state index >= 15 is 0 Å². The molecule has 3 aliphatic rings. The molecule has 3 aromatic carbocycles. The molecule has 0 spiro atoms. The summed E-state index contributed by atoms with van der Waals surface area (Å²) in [5, 5.41) is 16.7. The van der Waals surface area contributed by atoms with E-state index in [0.717, 1.165) is 29.7 Å². The molecule has 1 aromatic heterocycles. The van der Waals surface area contributed by atoms with Crippen molar-refractivity contribution in [3.05, 3.63) is 76.6 Å². The Bertz CT molecular complexity index is 1670. The van der Waals surface area contributed by atoms with Crippen molar-refractivity contribution >= 4 is 12.1 Å². The lowest BCUT2D eigenvalue weighted by Gasteiger charge is -2.34. The minimum absolute atomic E-state index is 0.149. The number of tetrazole rings is 1. The highest BCUT2D eigenvalue weighted by Crippen LogP contribution is 2.50. The van der Waals surface area contributed by atoms with Crippen LogP contribution in [0.15, 0.2) is 53.6 Å². The zero-order valence-corrected chi connectivity index (χ0v) is 22.2. The molecule has 0 unspecified atom stereocenters. The summed E-state index contributed by atoms with van der Waals surface area (Å²) in [5.41, 5.74) is 6.49. The zero-order valence-electron chi connectivity index (χ0n) is 22.2. The van der Waals surface area contributed by atoms with Crippen molar-refractivity contribution in [1.82, 2.24) is 30.5 Å². The van der Waals surface area contributed by atoms with Gasteiger partial charge in [0.1, 0.15) is 6.04 Å². The Morgan fingerprint density at radius 3 is 2.71 bits per heavy atom. The molecular formula is C28H25N7O6. The van der Waals surface area contributed by atoms with E-state index < -0.39 is 0 Å². The number of amides is 1. The molecule has 0 aliphatic carbocycles. The van der Waals surface area contributed by atoms with Crippen molar-refractivity contribution in [2.24, 2.45) is 5.10 Å². The fourth-order valence-electron chi connectivity index (χ4n) is 5.28. The third-order valence-corrected chi connectivity index (χ3v) is 7.28. The standard InChI is InChI=1S/C28H25N7O6/c1-34-10-9-18-12-22-25(41-15-40-22)26(37-2)23(18)24(34)27-30-32-33-35(27)19-6-4-17(5-7-19)28(36)31-29-13-16-3-8-20-21(11-16)39-14-38-20/h3-8,11-13,24H,9-10,14-15H2,1-2H3,(H,31,36)/t24-/m0/s1.